The quantitative estimate of drug-likeness (QED) is 0.548. The zero-order chi connectivity index (χ0) is 25.7. The molecule has 0 bridgehead atoms. The van der Waals surface area contributed by atoms with E-state index in [4.69, 9.17) is 31.5 Å². The number of rotatable bonds is 6. The van der Waals surface area contributed by atoms with Crippen LogP contribution < -0.4 is 15.8 Å². The second-order valence-corrected chi connectivity index (χ2v) is 10.2. The lowest BCUT2D eigenvalue weighted by atomic mass is 9.94. The lowest BCUT2D eigenvalue weighted by molar-refractivity contribution is -0.00146. The van der Waals surface area contributed by atoms with Crippen molar-refractivity contribution in [2.24, 2.45) is 5.92 Å². The van der Waals surface area contributed by atoms with Crippen LogP contribution in [0.5, 0.6) is 5.75 Å². The highest BCUT2D eigenvalue weighted by Gasteiger charge is 2.34. The summed E-state index contributed by atoms with van der Waals surface area (Å²) in [5, 5.41) is 3.42. The first kappa shape index (κ1) is 26.8. The average molecular weight is 524 g/mol. The number of anilines is 1. The molecule has 3 aliphatic heterocycles. The summed E-state index contributed by atoms with van der Waals surface area (Å²) < 4.78 is 16.5. The minimum Gasteiger partial charge on any atom is -0.496 e. The summed E-state index contributed by atoms with van der Waals surface area (Å²) in [6, 6.07) is 3.13. The van der Waals surface area contributed by atoms with Crippen molar-refractivity contribution >= 4 is 29.2 Å². The van der Waals surface area contributed by atoms with Crippen molar-refractivity contribution in [1.82, 2.24) is 20.0 Å². The van der Waals surface area contributed by atoms with Gasteiger partial charge in [-0.1, -0.05) is 11.6 Å². The highest BCUT2D eigenvalue weighted by atomic mass is 35.5. The average Bonchev–Trinajstić information content (AvgIpc) is 2.91. The monoisotopic (exact) mass is 523 g/mol. The van der Waals surface area contributed by atoms with Crippen LogP contribution in [0.4, 0.5) is 10.5 Å². The van der Waals surface area contributed by atoms with Crippen LogP contribution in [-0.4, -0.2) is 112 Å². The molecule has 0 aliphatic carbocycles. The summed E-state index contributed by atoms with van der Waals surface area (Å²) in [7, 11) is 3.18. The fourth-order valence-corrected chi connectivity index (χ4v) is 5.50. The largest absolute Gasteiger partial charge is 0.496 e. The Labute approximate surface area is 217 Å². The number of carbonyl (C=O) groups is 2. The maximum Gasteiger partial charge on any atom is 0.320 e. The van der Waals surface area contributed by atoms with Crippen LogP contribution >= 0.6 is 11.6 Å². The summed E-state index contributed by atoms with van der Waals surface area (Å²) in [6.45, 7) is 6.80. The number of nitrogens with one attached hydrogen (secondary N) is 1. The summed E-state index contributed by atoms with van der Waals surface area (Å²) in [6.07, 6.45) is 2.66. The van der Waals surface area contributed by atoms with Crippen LogP contribution in [-0.2, 0) is 9.47 Å². The van der Waals surface area contributed by atoms with Gasteiger partial charge in [-0.2, -0.15) is 0 Å². The van der Waals surface area contributed by atoms with Crippen LogP contribution in [0.25, 0.3) is 0 Å². The molecule has 1 aromatic carbocycles. The maximum atomic E-state index is 13.0. The third-order valence-electron chi connectivity index (χ3n) is 7.51. The standard InChI is InChI=1S/C25H38ClN5O5/c1-34-22-14-20(27)19(26)13-18(22)24(32)28-21-5-6-29(16-23(21)35-2)15-17-3-7-30(8-4-17)25(33)31-9-11-36-12-10-31/h13-14,17,21,23H,3-12,15-16,27H2,1-2H3,(H,28,32)/t21-,23+/m0/s1. The first-order valence-corrected chi connectivity index (χ1v) is 13.1. The molecule has 10 nitrogen and oxygen atoms in total. The van der Waals surface area contributed by atoms with Crippen molar-refractivity contribution in [3.8, 4) is 5.75 Å². The number of methoxy groups -OCH3 is 2. The lowest BCUT2D eigenvalue weighted by Gasteiger charge is -2.41. The first-order chi connectivity index (χ1) is 17.4. The van der Waals surface area contributed by atoms with Gasteiger partial charge >= 0.3 is 6.03 Å². The zero-order valence-corrected chi connectivity index (χ0v) is 22.0. The molecule has 0 spiro atoms. The molecule has 3 heterocycles. The van der Waals surface area contributed by atoms with Crippen LogP contribution in [0.1, 0.15) is 29.6 Å². The molecule has 36 heavy (non-hydrogen) atoms. The van der Waals surface area contributed by atoms with Crippen LogP contribution in [0.2, 0.25) is 5.02 Å². The van der Waals surface area contributed by atoms with Gasteiger partial charge in [-0.25, -0.2) is 4.79 Å². The molecular formula is C25H38ClN5O5. The molecule has 3 aliphatic rings. The van der Waals surface area contributed by atoms with Gasteiger partial charge in [-0.05, 0) is 31.2 Å². The van der Waals surface area contributed by atoms with Crippen molar-refractivity contribution in [2.75, 3.05) is 79.0 Å². The van der Waals surface area contributed by atoms with E-state index in [9.17, 15) is 9.59 Å². The topological polar surface area (TPSA) is 110 Å². The predicted octanol–water partition coefficient (Wildman–Crippen LogP) is 1.91. The summed E-state index contributed by atoms with van der Waals surface area (Å²) in [5.74, 6) is 0.675. The van der Waals surface area contributed by atoms with E-state index in [0.717, 1.165) is 52.0 Å². The summed E-state index contributed by atoms with van der Waals surface area (Å²) >= 11 is 6.14. The Balaban J connectivity index is 1.26. The van der Waals surface area contributed by atoms with Gasteiger partial charge in [0.15, 0.2) is 0 Å². The van der Waals surface area contributed by atoms with Gasteiger partial charge in [0.25, 0.3) is 5.91 Å². The van der Waals surface area contributed by atoms with Gasteiger partial charge < -0.3 is 40.0 Å². The van der Waals surface area contributed by atoms with E-state index in [1.165, 1.54) is 13.2 Å². The predicted molar refractivity (Wildman–Crippen MR) is 138 cm³/mol. The molecule has 1 aromatic rings. The van der Waals surface area contributed by atoms with Crippen LogP contribution in [0, 0.1) is 5.92 Å². The molecule has 0 radical (unpaired) electrons. The fourth-order valence-electron chi connectivity index (χ4n) is 5.34. The highest BCUT2D eigenvalue weighted by Crippen LogP contribution is 2.29. The van der Waals surface area contributed by atoms with Gasteiger partial charge in [0, 0.05) is 59.0 Å². The molecule has 2 atom stereocenters. The summed E-state index contributed by atoms with van der Waals surface area (Å²) in [5.41, 5.74) is 6.57. The Hall–Kier alpha value is -2.27. The smallest absolute Gasteiger partial charge is 0.320 e. The van der Waals surface area contributed by atoms with E-state index in [-0.39, 0.29) is 24.1 Å². The third-order valence-corrected chi connectivity index (χ3v) is 7.84. The Kier molecular flexibility index (Phi) is 9.16. The number of morpholine rings is 1. The number of hydrogen-bond donors (Lipinski definition) is 2. The Bertz CT molecular complexity index is 920. The number of likely N-dealkylation sites (tertiary alicyclic amines) is 2. The second kappa shape index (κ2) is 12.3. The highest BCUT2D eigenvalue weighted by molar-refractivity contribution is 6.33. The number of hydrogen-bond acceptors (Lipinski definition) is 7. The normalized spacial score (nSPS) is 24.0. The molecule has 3 N–H and O–H groups in total. The van der Waals surface area contributed by atoms with Gasteiger partial charge in [0.2, 0.25) is 0 Å². The van der Waals surface area contributed by atoms with Crippen molar-refractivity contribution < 1.29 is 23.8 Å². The van der Waals surface area contributed by atoms with Crippen LogP contribution in [0.15, 0.2) is 12.1 Å². The van der Waals surface area contributed by atoms with E-state index in [1.807, 2.05) is 9.80 Å². The maximum absolute atomic E-state index is 13.0. The van der Waals surface area contributed by atoms with Crippen molar-refractivity contribution in [1.29, 1.82) is 0 Å². The van der Waals surface area contributed by atoms with Crippen molar-refractivity contribution in [2.45, 2.75) is 31.4 Å². The number of benzene rings is 1. The molecule has 0 unspecified atom stereocenters. The number of nitrogens with zero attached hydrogens (tertiary/aromatic N) is 3. The molecule has 0 saturated carbocycles. The number of nitrogens with two attached hydrogens (primary N) is 1. The molecule has 11 heteroatoms. The van der Waals surface area contributed by atoms with E-state index >= 15 is 0 Å². The molecule has 0 aromatic heterocycles. The minimum atomic E-state index is -0.258. The second-order valence-electron chi connectivity index (χ2n) is 9.79. The van der Waals surface area contributed by atoms with E-state index in [1.54, 1.807) is 13.2 Å². The molecule has 200 valence electrons. The number of ether oxygens (including phenoxy) is 3. The third kappa shape index (κ3) is 6.34. The van der Waals surface area contributed by atoms with Crippen LogP contribution in [0.3, 0.4) is 0 Å². The SMILES string of the molecule is COc1cc(N)c(Cl)cc1C(=O)N[C@H]1CCN(CC2CCN(C(=O)N3CCOCC3)CC2)C[C@H]1OC. The minimum absolute atomic E-state index is 0.118. The van der Waals surface area contributed by atoms with E-state index < -0.39 is 0 Å². The Morgan fingerprint density at radius 1 is 1.08 bits per heavy atom. The number of urea groups is 1. The molecule has 3 fully saturated rings. The van der Waals surface area contributed by atoms with Gasteiger partial charge in [0.05, 0.1) is 48.7 Å². The zero-order valence-electron chi connectivity index (χ0n) is 21.2. The number of halogens is 1. The van der Waals surface area contributed by atoms with Gasteiger partial charge in [-0.15, -0.1) is 0 Å². The summed E-state index contributed by atoms with van der Waals surface area (Å²) in [4.78, 5) is 32.1. The number of amides is 3. The number of carbonyl (C=O) groups excluding carboxylic acids is 2. The fraction of sp³-hybridized carbons (Fsp3) is 0.680. The van der Waals surface area contributed by atoms with Crippen molar-refractivity contribution in [3.63, 3.8) is 0 Å². The van der Waals surface area contributed by atoms with E-state index in [2.05, 4.69) is 10.2 Å². The molecular weight excluding hydrogens is 486 g/mol. The molecule has 4 rings (SSSR count). The Morgan fingerprint density at radius 2 is 1.78 bits per heavy atom. The van der Waals surface area contributed by atoms with E-state index in [0.29, 0.717) is 54.2 Å². The first-order valence-electron chi connectivity index (χ1n) is 12.7. The van der Waals surface area contributed by atoms with Gasteiger partial charge in [0.1, 0.15) is 5.75 Å². The molecule has 3 amide bonds. The number of nitrogen functional groups attached to an aromatic ring is 1. The number of piperidine rings is 2. The lowest BCUT2D eigenvalue weighted by Crippen LogP contribution is -2.56. The van der Waals surface area contributed by atoms with Gasteiger partial charge in [-0.3, -0.25) is 4.79 Å². The Morgan fingerprint density at radius 3 is 2.44 bits per heavy atom. The van der Waals surface area contributed by atoms with Crippen molar-refractivity contribution in [3.05, 3.63) is 22.7 Å². The molecule has 3 saturated heterocycles.